The van der Waals surface area contributed by atoms with E-state index in [1.165, 1.54) is 0 Å². The molecular weight excluding hydrogens is 252 g/mol. The molecule has 110 valence electrons. The van der Waals surface area contributed by atoms with Gasteiger partial charge in [-0.1, -0.05) is 25.5 Å². The first-order valence-corrected chi connectivity index (χ1v) is 7.36. The van der Waals surface area contributed by atoms with Crippen molar-refractivity contribution in [1.82, 2.24) is 9.55 Å². The van der Waals surface area contributed by atoms with Gasteiger partial charge in [0.2, 0.25) is 0 Å². The number of aliphatic hydroxyl groups excluding tert-OH is 1. The Hall–Kier alpha value is -1.39. The van der Waals surface area contributed by atoms with Gasteiger partial charge >= 0.3 is 0 Å². The number of ether oxygens (including phenoxy) is 1. The highest BCUT2D eigenvalue weighted by Crippen LogP contribution is 2.19. The summed E-state index contributed by atoms with van der Waals surface area (Å²) in [6, 6.07) is 8.09. The standard InChI is InChI=1S/C16H24N2O2/c1-4-8-15(20-3)14(19)11-16-17-12-9-6-7-10-13(12)18(16)5-2/h6-7,9-10,14-15,19H,4-5,8,11H2,1-3H3. The maximum Gasteiger partial charge on any atom is 0.112 e. The number of benzene rings is 1. The molecule has 2 unspecified atom stereocenters. The Morgan fingerprint density at radius 1 is 1.30 bits per heavy atom. The van der Waals surface area contributed by atoms with Crippen molar-refractivity contribution in [3.8, 4) is 0 Å². The number of hydrogen-bond acceptors (Lipinski definition) is 3. The fraction of sp³-hybridized carbons (Fsp3) is 0.562. The first kappa shape index (κ1) is 15.0. The van der Waals surface area contributed by atoms with Crippen molar-refractivity contribution in [2.24, 2.45) is 0 Å². The maximum atomic E-state index is 10.4. The van der Waals surface area contributed by atoms with Gasteiger partial charge in [-0.3, -0.25) is 0 Å². The Morgan fingerprint density at radius 2 is 2.05 bits per heavy atom. The molecule has 0 aliphatic carbocycles. The van der Waals surface area contributed by atoms with Crippen LogP contribution in [-0.4, -0.2) is 34.0 Å². The molecule has 1 heterocycles. The van der Waals surface area contributed by atoms with Gasteiger partial charge < -0.3 is 14.4 Å². The topological polar surface area (TPSA) is 47.3 Å². The Kier molecular flexibility index (Phi) is 5.15. The Morgan fingerprint density at radius 3 is 2.70 bits per heavy atom. The third kappa shape index (κ3) is 3.02. The van der Waals surface area contributed by atoms with E-state index in [4.69, 9.17) is 4.74 Å². The van der Waals surface area contributed by atoms with Crippen LogP contribution in [-0.2, 0) is 17.7 Å². The Labute approximate surface area is 120 Å². The number of hydrogen-bond donors (Lipinski definition) is 1. The van der Waals surface area contributed by atoms with Gasteiger partial charge in [0.1, 0.15) is 5.82 Å². The number of aromatic nitrogens is 2. The molecule has 1 aromatic carbocycles. The van der Waals surface area contributed by atoms with E-state index in [-0.39, 0.29) is 6.10 Å². The highest BCUT2D eigenvalue weighted by atomic mass is 16.5. The lowest BCUT2D eigenvalue weighted by atomic mass is 10.1. The van der Waals surface area contributed by atoms with E-state index in [1.807, 2.05) is 18.2 Å². The van der Waals surface area contributed by atoms with Crippen LogP contribution in [0, 0.1) is 0 Å². The summed E-state index contributed by atoms with van der Waals surface area (Å²) in [5.41, 5.74) is 2.11. The van der Waals surface area contributed by atoms with Gasteiger partial charge in [0.05, 0.1) is 23.2 Å². The molecule has 0 aliphatic rings. The van der Waals surface area contributed by atoms with E-state index >= 15 is 0 Å². The van der Waals surface area contributed by atoms with Crippen molar-refractivity contribution in [3.05, 3.63) is 30.1 Å². The number of para-hydroxylation sites is 2. The van der Waals surface area contributed by atoms with Crippen molar-refractivity contribution in [2.45, 2.75) is 51.9 Å². The summed E-state index contributed by atoms with van der Waals surface area (Å²) < 4.78 is 7.55. The van der Waals surface area contributed by atoms with E-state index in [0.717, 1.165) is 36.2 Å². The van der Waals surface area contributed by atoms with Gasteiger partial charge in [0.15, 0.2) is 0 Å². The minimum absolute atomic E-state index is 0.120. The summed E-state index contributed by atoms with van der Waals surface area (Å²) in [5, 5.41) is 10.4. The second kappa shape index (κ2) is 6.86. The van der Waals surface area contributed by atoms with Crippen LogP contribution < -0.4 is 0 Å². The largest absolute Gasteiger partial charge is 0.390 e. The number of aliphatic hydroxyl groups is 1. The summed E-state index contributed by atoms with van der Waals surface area (Å²) in [6.45, 7) is 5.05. The summed E-state index contributed by atoms with van der Waals surface area (Å²) >= 11 is 0. The quantitative estimate of drug-likeness (QED) is 0.846. The fourth-order valence-electron chi connectivity index (χ4n) is 2.70. The SMILES string of the molecule is CCCC(OC)C(O)Cc1nc2ccccc2n1CC. The van der Waals surface area contributed by atoms with Crippen molar-refractivity contribution in [2.75, 3.05) is 7.11 Å². The van der Waals surface area contributed by atoms with Crippen LogP contribution in [0.1, 0.15) is 32.5 Å². The minimum Gasteiger partial charge on any atom is -0.390 e. The summed E-state index contributed by atoms with van der Waals surface area (Å²) in [4.78, 5) is 4.65. The minimum atomic E-state index is -0.512. The zero-order valence-corrected chi connectivity index (χ0v) is 12.5. The molecule has 2 aromatic rings. The first-order chi connectivity index (χ1) is 9.71. The normalized spacial score (nSPS) is 14.6. The molecule has 0 radical (unpaired) electrons. The van der Waals surface area contributed by atoms with Crippen LogP contribution in [0.4, 0.5) is 0 Å². The second-order valence-corrected chi connectivity index (χ2v) is 5.10. The van der Waals surface area contributed by atoms with Crippen molar-refractivity contribution in [3.63, 3.8) is 0 Å². The predicted molar refractivity (Wildman–Crippen MR) is 80.8 cm³/mol. The molecule has 0 amide bonds. The molecule has 0 saturated carbocycles. The molecule has 1 N–H and O–H groups in total. The van der Waals surface area contributed by atoms with Gasteiger partial charge in [-0.25, -0.2) is 4.98 Å². The second-order valence-electron chi connectivity index (χ2n) is 5.10. The number of aryl methyl sites for hydroxylation is 1. The molecule has 4 heteroatoms. The molecule has 0 fully saturated rings. The van der Waals surface area contributed by atoms with Crippen LogP contribution in [0.15, 0.2) is 24.3 Å². The summed E-state index contributed by atoms with van der Waals surface area (Å²) in [5.74, 6) is 0.930. The van der Waals surface area contributed by atoms with E-state index in [0.29, 0.717) is 6.42 Å². The fourth-order valence-corrected chi connectivity index (χ4v) is 2.70. The Bertz CT molecular complexity index is 550. The van der Waals surface area contributed by atoms with Gasteiger partial charge in [-0.15, -0.1) is 0 Å². The van der Waals surface area contributed by atoms with Gasteiger partial charge in [-0.2, -0.15) is 0 Å². The number of rotatable bonds is 7. The number of methoxy groups -OCH3 is 1. The van der Waals surface area contributed by atoms with Crippen molar-refractivity contribution >= 4 is 11.0 Å². The van der Waals surface area contributed by atoms with E-state index < -0.39 is 6.10 Å². The summed E-state index contributed by atoms with van der Waals surface area (Å²) in [6.07, 6.45) is 1.76. The number of nitrogens with zero attached hydrogens (tertiary/aromatic N) is 2. The van der Waals surface area contributed by atoms with E-state index in [9.17, 15) is 5.11 Å². The highest BCUT2D eigenvalue weighted by Gasteiger charge is 2.21. The molecule has 0 aliphatic heterocycles. The average Bonchev–Trinajstić information content (AvgIpc) is 2.81. The van der Waals surface area contributed by atoms with Crippen LogP contribution in [0.5, 0.6) is 0 Å². The molecule has 0 spiro atoms. The lowest BCUT2D eigenvalue weighted by Gasteiger charge is -2.21. The molecule has 0 saturated heterocycles. The molecule has 2 atom stereocenters. The van der Waals surface area contributed by atoms with Gasteiger partial charge in [-0.05, 0) is 25.5 Å². The molecule has 2 rings (SSSR count). The Balaban J connectivity index is 2.24. The lowest BCUT2D eigenvalue weighted by Crippen LogP contribution is -2.30. The predicted octanol–water partition coefficient (Wildman–Crippen LogP) is 2.77. The number of imidazole rings is 1. The third-order valence-electron chi connectivity index (χ3n) is 3.75. The lowest BCUT2D eigenvalue weighted by molar-refractivity contribution is -0.0170. The zero-order chi connectivity index (χ0) is 14.5. The molecule has 0 bridgehead atoms. The van der Waals surface area contributed by atoms with Crippen LogP contribution in [0.3, 0.4) is 0 Å². The average molecular weight is 276 g/mol. The van der Waals surface area contributed by atoms with Crippen LogP contribution >= 0.6 is 0 Å². The van der Waals surface area contributed by atoms with E-state index in [1.54, 1.807) is 7.11 Å². The smallest absolute Gasteiger partial charge is 0.112 e. The van der Waals surface area contributed by atoms with Crippen molar-refractivity contribution < 1.29 is 9.84 Å². The van der Waals surface area contributed by atoms with Gasteiger partial charge in [0, 0.05) is 20.1 Å². The number of fused-ring (bicyclic) bond motifs is 1. The van der Waals surface area contributed by atoms with Crippen molar-refractivity contribution in [1.29, 1.82) is 0 Å². The highest BCUT2D eigenvalue weighted by molar-refractivity contribution is 5.75. The molecule has 1 aromatic heterocycles. The molecule has 20 heavy (non-hydrogen) atoms. The monoisotopic (exact) mass is 276 g/mol. The zero-order valence-electron chi connectivity index (χ0n) is 12.5. The van der Waals surface area contributed by atoms with E-state index in [2.05, 4.69) is 29.5 Å². The molecule has 4 nitrogen and oxygen atoms in total. The summed E-state index contributed by atoms with van der Waals surface area (Å²) in [7, 11) is 1.66. The third-order valence-corrected chi connectivity index (χ3v) is 3.75. The molecular formula is C16H24N2O2. The first-order valence-electron chi connectivity index (χ1n) is 7.36. The van der Waals surface area contributed by atoms with Crippen LogP contribution in [0.25, 0.3) is 11.0 Å². The van der Waals surface area contributed by atoms with Gasteiger partial charge in [0.25, 0.3) is 0 Å². The van der Waals surface area contributed by atoms with Crippen LogP contribution in [0.2, 0.25) is 0 Å². The maximum absolute atomic E-state index is 10.4.